The van der Waals surface area contributed by atoms with Crippen molar-refractivity contribution in [3.63, 3.8) is 0 Å². The van der Waals surface area contributed by atoms with Gasteiger partial charge in [0.15, 0.2) is 0 Å². The lowest BCUT2D eigenvalue weighted by atomic mass is 10.1. The molecule has 1 aliphatic rings. The number of nitrogens with zero attached hydrogens (tertiary/aromatic N) is 5. The second kappa shape index (κ2) is 10.3. The normalized spacial score (nSPS) is 15.8. The summed E-state index contributed by atoms with van der Waals surface area (Å²) in [6, 6.07) is 5.18. The van der Waals surface area contributed by atoms with E-state index in [-0.39, 0.29) is 23.2 Å². The molecule has 0 bridgehead atoms. The minimum Gasteiger partial charge on any atom is -0.351 e. The van der Waals surface area contributed by atoms with E-state index in [0.717, 1.165) is 18.0 Å². The molecular weight excluding hydrogens is 519 g/mol. The molecule has 0 saturated carbocycles. The largest absolute Gasteiger partial charge is 0.419 e. The second-order valence-corrected chi connectivity index (χ2v) is 10.9. The van der Waals surface area contributed by atoms with Crippen molar-refractivity contribution in [1.29, 1.82) is 0 Å². The molecule has 14 heteroatoms. The van der Waals surface area contributed by atoms with E-state index in [9.17, 15) is 21.6 Å². The van der Waals surface area contributed by atoms with Crippen molar-refractivity contribution in [3.8, 4) is 16.9 Å². The molecule has 0 amide bonds. The van der Waals surface area contributed by atoms with Crippen LogP contribution in [-0.2, 0) is 22.7 Å². The van der Waals surface area contributed by atoms with Crippen LogP contribution in [0.3, 0.4) is 0 Å². The van der Waals surface area contributed by atoms with Gasteiger partial charge in [-0.3, -0.25) is 0 Å². The molecule has 194 valence electrons. The smallest absolute Gasteiger partial charge is 0.351 e. The van der Waals surface area contributed by atoms with Gasteiger partial charge in [0.2, 0.25) is 16.0 Å². The Morgan fingerprint density at radius 1 is 1.19 bits per heavy atom. The average molecular weight is 544 g/mol. The Hall–Kier alpha value is -2.74. The number of benzene rings is 1. The fourth-order valence-electron chi connectivity index (χ4n) is 4.02. The van der Waals surface area contributed by atoms with Crippen LogP contribution in [0.2, 0.25) is 5.02 Å². The summed E-state index contributed by atoms with van der Waals surface area (Å²) < 4.78 is 67.5. The van der Waals surface area contributed by atoms with Crippen LogP contribution < -0.4 is 10.6 Å². The van der Waals surface area contributed by atoms with Crippen LogP contribution in [0, 0.1) is 0 Å². The van der Waals surface area contributed by atoms with Crippen LogP contribution in [-0.4, -0.2) is 64.9 Å². The summed E-state index contributed by atoms with van der Waals surface area (Å²) in [4.78, 5) is 8.04. The molecule has 0 spiro atoms. The minimum absolute atomic E-state index is 0.0259. The lowest BCUT2D eigenvalue weighted by Gasteiger charge is -2.30. The number of anilines is 1. The molecule has 0 atom stereocenters. The van der Waals surface area contributed by atoms with Crippen molar-refractivity contribution in [2.45, 2.75) is 31.6 Å². The zero-order valence-corrected chi connectivity index (χ0v) is 21.1. The number of alkyl halides is 3. The van der Waals surface area contributed by atoms with Crippen LogP contribution in [0.5, 0.6) is 0 Å². The van der Waals surface area contributed by atoms with Gasteiger partial charge in [-0.05, 0) is 37.6 Å². The molecule has 4 rings (SSSR count). The van der Waals surface area contributed by atoms with Gasteiger partial charge in [0.25, 0.3) is 0 Å². The van der Waals surface area contributed by atoms with Gasteiger partial charge >= 0.3 is 6.18 Å². The molecule has 1 saturated heterocycles. The van der Waals surface area contributed by atoms with Gasteiger partial charge in [-0.2, -0.15) is 18.3 Å². The first-order chi connectivity index (χ1) is 17.0. The Bertz CT molecular complexity index is 1340. The molecule has 1 aromatic carbocycles. The van der Waals surface area contributed by atoms with Crippen molar-refractivity contribution >= 4 is 27.6 Å². The van der Waals surface area contributed by atoms with E-state index < -0.39 is 21.8 Å². The average Bonchev–Trinajstić information content (AvgIpc) is 3.28. The van der Waals surface area contributed by atoms with Gasteiger partial charge < -0.3 is 10.6 Å². The van der Waals surface area contributed by atoms with E-state index in [4.69, 9.17) is 11.6 Å². The van der Waals surface area contributed by atoms with Gasteiger partial charge in [-0.25, -0.2) is 27.4 Å². The first-order valence-corrected chi connectivity index (χ1v) is 13.3. The summed E-state index contributed by atoms with van der Waals surface area (Å²) in [6.45, 7) is 1.23. The van der Waals surface area contributed by atoms with E-state index >= 15 is 0 Å². The summed E-state index contributed by atoms with van der Waals surface area (Å²) in [7, 11) is -1.48. The van der Waals surface area contributed by atoms with Gasteiger partial charge in [-0.1, -0.05) is 17.7 Å². The third-order valence-electron chi connectivity index (χ3n) is 5.85. The van der Waals surface area contributed by atoms with Crippen molar-refractivity contribution < 1.29 is 21.6 Å². The number of sulfonamides is 1. The number of piperidine rings is 1. The van der Waals surface area contributed by atoms with Crippen LogP contribution in [0.1, 0.15) is 24.0 Å². The maximum Gasteiger partial charge on any atom is 0.419 e. The van der Waals surface area contributed by atoms with Crippen molar-refractivity contribution in [2.75, 3.05) is 31.7 Å². The zero-order valence-electron chi connectivity index (χ0n) is 19.5. The van der Waals surface area contributed by atoms with Crippen molar-refractivity contribution in [3.05, 3.63) is 52.9 Å². The molecule has 0 aliphatic carbocycles. The monoisotopic (exact) mass is 543 g/mol. The third kappa shape index (κ3) is 5.97. The maximum atomic E-state index is 13.8. The van der Waals surface area contributed by atoms with Crippen LogP contribution in [0.4, 0.5) is 19.1 Å². The van der Waals surface area contributed by atoms with Gasteiger partial charge in [-0.15, -0.1) is 0 Å². The van der Waals surface area contributed by atoms with E-state index in [2.05, 4.69) is 25.7 Å². The Morgan fingerprint density at radius 3 is 2.53 bits per heavy atom. The van der Waals surface area contributed by atoms with Crippen LogP contribution in [0.15, 0.2) is 36.8 Å². The number of aromatic nitrogens is 4. The van der Waals surface area contributed by atoms with E-state index in [1.54, 1.807) is 12.1 Å². The predicted octanol–water partition coefficient (Wildman–Crippen LogP) is 3.56. The fraction of sp³-hybridized carbons (Fsp3) is 0.409. The standard InChI is InChI=1S/C22H25ClF3N7O2S/c1-27-10-14-3-4-19(18(23)9-14)33-13-15(11-29-33)20-17(22(24,25)26)12-28-21(31-20)30-16-5-7-32(8-6-16)36(2,34)35/h3-4,9,11-13,16,27H,5-8,10H2,1-2H3,(H,28,30,31). The summed E-state index contributed by atoms with van der Waals surface area (Å²) in [5.41, 5.74) is 0.306. The predicted molar refractivity (Wildman–Crippen MR) is 130 cm³/mol. The molecular formula is C22H25ClF3N7O2S. The first-order valence-electron chi connectivity index (χ1n) is 11.1. The molecule has 9 nitrogen and oxygen atoms in total. The molecule has 3 heterocycles. The van der Waals surface area contributed by atoms with Gasteiger partial charge in [0.05, 0.1) is 28.9 Å². The Kier molecular flexibility index (Phi) is 7.55. The van der Waals surface area contributed by atoms with E-state index in [1.165, 1.54) is 21.4 Å². The SMILES string of the molecule is CNCc1ccc(-n2cc(-c3nc(NC4CCN(S(C)(=O)=O)CC4)ncc3C(F)(F)F)cn2)c(Cl)c1. The quantitative estimate of drug-likeness (QED) is 0.469. The summed E-state index contributed by atoms with van der Waals surface area (Å²) in [5, 5.41) is 10.7. The lowest BCUT2D eigenvalue weighted by Crippen LogP contribution is -2.42. The highest BCUT2D eigenvalue weighted by Gasteiger charge is 2.36. The lowest BCUT2D eigenvalue weighted by molar-refractivity contribution is -0.137. The molecule has 0 radical (unpaired) electrons. The minimum atomic E-state index is -4.68. The molecule has 2 aromatic heterocycles. The number of hydrogen-bond donors (Lipinski definition) is 2. The van der Waals surface area contributed by atoms with Gasteiger partial charge in [0, 0.05) is 43.6 Å². The molecule has 1 aliphatic heterocycles. The highest BCUT2D eigenvalue weighted by Crippen LogP contribution is 2.36. The Morgan fingerprint density at radius 2 is 1.92 bits per heavy atom. The highest BCUT2D eigenvalue weighted by atomic mass is 35.5. The number of rotatable bonds is 7. The Labute approximate surface area is 211 Å². The molecule has 36 heavy (non-hydrogen) atoms. The van der Waals surface area contributed by atoms with Crippen LogP contribution in [0.25, 0.3) is 16.9 Å². The number of nitrogens with one attached hydrogen (secondary N) is 2. The van der Waals surface area contributed by atoms with Crippen molar-refractivity contribution in [2.24, 2.45) is 0 Å². The summed E-state index contributed by atoms with van der Waals surface area (Å²) in [6.07, 6.45) is 0.904. The van der Waals surface area contributed by atoms with Crippen molar-refractivity contribution in [1.82, 2.24) is 29.4 Å². The highest BCUT2D eigenvalue weighted by molar-refractivity contribution is 7.88. The van der Waals surface area contributed by atoms with E-state index in [1.807, 2.05) is 13.1 Å². The topological polar surface area (TPSA) is 105 Å². The first kappa shape index (κ1) is 26.3. The van der Waals surface area contributed by atoms with E-state index in [0.29, 0.717) is 43.2 Å². The third-order valence-corrected chi connectivity index (χ3v) is 7.45. The molecule has 3 aromatic rings. The molecule has 0 unspecified atom stereocenters. The number of hydrogen-bond acceptors (Lipinski definition) is 7. The Balaban J connectivity index is 1.61. The zero-order chi connectivity index (χ0) is 26.1. The van der Waals surface area contributed by atoms with Crippen LogP contribution >= 0.6 is 11.6 Å². The summed E-state index contributed by atoms with van der Waals surface area (Å²) >= 11 is 6.39. The molecule has 2 N–H and O–H groups in total. The molecule has 1 fully saturated rings. The fourth-order valence-corrected chi connectivity index (χ4v) is 5.18. The number of halogens is 4. The summed E-state index contributed by atoms with van der Waals surface area (Å²) in [5.74, 6) is 0.0259. The van der Waals surface area contributed by atoms with Gasteiger partial charge in [0.1, 0.15) is 5.56 Å². The second-order valence-electron chi connectivity index (χ2n) is 8.52. The maximum absolute atomic E-state index is 13.8.